The van der Waals surface area contributed by atoms with E-state index in [0.717, 1.165) is 43.5 Å². The summed E-state index contributed by atoms with van der Waals surface area (Å²) in [6.07, 6.45) is 4.33. The number of rotatable bonds is 7. The maximum Gasteiger partial charge on any atom is 0.130 e. The molecule has 0 spiro atoms. The molecule has 1 saturated heterocycles. The maximum absolute atomic E-state index is 5.69. The van der Waals surface area contributed by atoms with Crippen molar-refractivity contribution in [3.05, 3.63) is 35.4 Å². The van der Waals surface area contributed by atoms with E-state index in [-0.39, 0.29) is 0 Å². The Hall–Kier alpha value is -1.79. The average Bonchev–Trinajstić information content (AvgIpc) is 3.25. The van der Waals surface area contributed by atoms with Gasteiger partial charge in [-0.2, -0.15) is 5.10 Å². The molecule has 0 saturated carbocycles. The largest absolute Gasteiger partial charge is 0.468 e. The molecule has 0 amide bonds. The van der Waals surface area contributed by atoms with E-state index in [1.807, 2.05) is 17.8 Å². The molecule has 3 rings (SSSR count). The van der Waals surface area contributed by atoms with Crippen LogP contribution >= 0.6 is 0 Å². The van der Waals surface area contributed by atoms with Crippen LogP contribution in [0.15, 0.2) is 22.8 Å². The number of nitrogens with zero attached hydrogens (tertiary/aromatic N) is 4. The number of likely N-dealkylation sites (tertiary alicyclic amines) is 1. The molecule has 1 atom stereocenters. The zero-order valence-electron chi connectivity index (χ0n) is 15.2. The van der Waals surface area contributed by atoms with Crippen LogP contribution in [0.2, 0.25) is 0 Å². The van der Waals surface area contributed by atoms with E-state index in [4.69, 9.17) is 4.42 Å². The first kappa shape index (κ1) is 17.0. The van der Waals surface area contributed by atoms with E-state index in [0.29, 0.717) is 6.04 Å². The van der Waals surface area contributed by atoms with E-state index in [2.05, 4.69) is 47.3 Å². The van der Waals surface area contributed by atoms with Gasteiger partial charge in [0.25, 0.3) is 0 Å². The maximum atomic E-state index is 5.69. The summed E-state index contributed by atoms with van der Waals surface area (Å²) in [5.74, 6) is 2.22. The molecule has 1 aliphatic heterocycles. The normalized spacial score (nSPS) is 16.7. The van der Waals surface area contributed by atoms with E-state index < -0.39 is 0 Å². The van der Waals surface area contributed by atoms with Gasteiger partial charge >= 0.3 is 0 Å². The van der Waals surface area contributed by atoms with Crippen molar-refractivity contribution >= 4 is 5.82 Å². The number of aryl methyl sites for hydroxylation is 2. The molecule has 2 aromatic rings. The Morgan fingerprint density at radius 2 is 2.08 bits per heavy atom. The molecule has 1 fully saturated rings. The second-order valence-electron chi connectivity index (χ2n) is 6.81. The minimum absolute atomic E-state index is 0.308. The van der Waals surface area contributed by atoms with Crippen LogP contribution in [0.3, 0.4) is 0 Å². The molecule has 2 aromatic heterocycles. The average molecular weight is 331 g/mol. The molecule has 1 N–H and O–H groups in total. The smallest absolute Gasteiger partial charge is 0.130 e. The van der Waals surface area contributed by atoms with Crippen LogP contribution in [-0.2, 0) is 13.6 Å². The third kappa shape index (κ3) is 3.49. The van der Waals surface area contributed by atoms with Crippen LogP contribution in [0, 0.1) is 6.92 Å². The van der Waals surface area contributed by atoms with Gasteiger partial charge in [0.1, 0.15) is 11.6 Å². The molecular weight excluding hydrogens is 302 g/mol. The molecule has 0 aromatic carbocycles. The number of anilines is 1. The molecule has 132 valence electrons. The van der Waals surface area contributed by atoms with Crippen molar-refractivity contribution in [2.75, 3.05) is 38.6 Å². The van der Waals surface area contributed by atoms with Crippen molar-refractivity contribution in [2.24, 2.45) is 7.05 Å². The van der Waals surface area contributed by atoms with Gasteiger partial charge in [-0.05, 0) is 45.0 Å². The summed E-state index contributed by atoms with van der Waals surface area (Å²) in [5.41, 5.74) is 2.35. The SMILES string of the molecule is Cc1nn(C)c(N(C)C)c1CNC[C@H](c1ccco1)N1CCCC1. The van der Waals surface area contributed by atoms with Crippen LogP contribution < -0.4 is 10.2 Å². The Labute approximate surface area is 144 Å². The van der Waals surface area contributed by atoms with Crippen molar-refractivity contribution in [3.8, 4) is 0 Å². The predicted octanol–water partition coefficient (Wildman–Crippen LogP) is 2.31. The fourth-order valence-electron chi connectivity index (χ4n) is 3.73. The van der Waals surface area contributed by atoms with E-state index >= 15 is 0 Å². The van der Waals surface area contributed by atoms with Gasteiger partial charge in [0, 0.05) is 39.8 Å². The molecule has 24 heavy (non-hydrogen) atoms. The second kappa shape index (κ2) is 7.40. The first-order chi connectivity index (χ1) is 11.6. The molecule has 0 radical (unpaired) electrons. The van der Waals surface area contributed by atoms with Gasteiger partial charge in [-0.25, -0.2) is 0 Å². The van der Waals surface area contributed by atoms with Crippen LogP contribution in [0.5, 0.6) is 0 Å². The summed E-state index contributed by atoms with van der Waals surface area (Å²) < 4.78 is 7.65. The topological polar surface area (TPSA) is 49.5 Å². The number of nitrogens with one attached hydrogen (secondary N) is 1. The Kier molecular flexibility index (Phi) is 5.26. The van der Waals surface area contributed by atoms with E-state index in [1.165, 1.54) is 18.4 Å². The quantitative estimate of drug-likeness (QED) is 0.844. The number of furan rings is 1. The molecule has 6 heteroatoms. The first-order valence-electron chi connectivity index (χ1n) is 8.76. The lowest BCUT2D eigenvalue weighted by Gasteiger charge is -2.26. The minimum atomic E-state index is 0.308. The van der Waals surface area contributed by atoms with Crippen LogP contribution in [0.1, 0.15) is 35.9 Å². The summed E-state index contributed by atoms with van der Waals surface area (Å²) in [6, 6.07) is 4.38. The fraction of sp³-hybridized carbons (Fsp3) is 0.611. The standard InChI is InChI=1S/C18H29N5O/c1-14-15(18(21(2)3)22(4)20-14)12-19-13-16(17-8-7-11-24-17)23-9-5-6-10-23/h7-8,11,16,19H,5-6,9-10,12-13H2,1-4H3/t16-/m1/s1. The van der Waals surface area contributed by atoms with Gasteiger partial charge in [-0.15, -0.1) is 0 Å². The molecule has 1 aliphatic rings. The number of aromatic nitrogens is 2. The lowest BCUT2D eigenvalue weighted by atomic mass is 10.1. The van der Waals surface area contributed by atoms with E-state index in [9.17, 15) is 0 Å². The fourth-order valence-corrected chi connectivity index (χ4v) is 3.73. The zero-order chi connectivity index (χ0) is 17.1. The van der Waals surface area contributed by atoms with Gasteiger partial charge in [0.05, 0.1) is 18.0 Å². The van der Waals surface area contributed by atoms with Gasteiger partial charge in [-0.3, -0.25) is 9.58 Å². The van der Waals surface area contributed by atoms with Gasteiger partial charge in [0.15, 0.2) is 0 Å². The predicted molar refractivity (Wildman–Crippen MR) is 96.2 cm³/mol. The highest BCUT2D eigenvalue weighted by Gasteiger charge is 2.25. The minimum Gasteiger partial charge on any atom is -0.468 e. The second-order valence-corrected chi connectivity index (χ2v) is 6.81. The molecule has 3 heterocycles. The Balaban J connectivity index is 1.68. The number of hydrogen-bond donors (Lipinski definition) is 1. The summed E-state index contributed by atoms with van der Waals surface area (Å²) in [4.78, 5) is 4.65. The van der Waals surface area contributed by atoms with Crippen molar-refractivity contribution < 1.29 is 4.42 Å². The van der Waals surface area contributed by atoms with Gasteiger partial charge < -0.3 is 14.6 Å². The van der Waals surface area contributed by atoms with Crippen LogP contribution in [0.25, 0.3) is 0 Å². The monoisotopic (exact) mass is 331 g/mol. The number of hydrogen-bond acceptors (Lipinski definition) is 5. The summed E-state index contributed by atoms with van der Waals surface area (Å²) >= 11 is 0. The zero-order valence-corrected chi connectivity index (χ0v) is 15.2. The summed E-state index contributed by atoms with van der Waals surface area (Å²) in [6.45, 7) is 6.09. The molecule has 0 unspecified atom stereocenters. The van der Waals surface area contributed by atoms with Gasteiger partial charge in [0.2, 0.25) is 0 Å². The first-order valence-corrected chi connectivity index (χ1v) is 8.76. The summed E-state index contributed by atoms with van der Waals surface area (Å²) in [7, 11) is 6.13. The summed E-state index contributed by atoms with van der Waals surface area (Å²) in [5, 5.41) is 8.20. The van der Waals surface area contributed by atoms with Crippen molar-refractivity contribution in [2.45, 2.75) is 32.4 Å². The van der Waals surface area contributed by atoms with E-state index in [1.54, 1.807) is 6.26 Å². The van der Waals surface area contributed by atoms with Crippen LogP contribution in [-0.4, -0.2) is 48.4 Å². The lowest BCUT2D eigenvalue weighted by molar-refractivity contribution is 0.209. The van der Waals surface area contributed by atoms with Gasteiger partial charge in [-0.1, -0.05) is 0 Å². The highest BCUT2D eigenvalue weighted by molar-refractivity contribution is 5.48. The van der Waals surface area contributed by atoms with Crippen LogP contribution in [0.4, 0.5) is 5.82 Å². The molecule has 0 bridgehead atoms. The molecule has 6 nitrogen and oxygen atoms in total. The highest BCUT2D eigenvalue weighted by atomic mass is 16.3. The Morgan fingerprint density at radius 3 is 2.71 bits per heavy atom. The highest BCUT2D eigenvalue weighted by Crippen LogP contribution is 2.26. The molecular formula is C18H29N5O. The third-order valence-electron chi connectivity index (χ3n) is 4.83. The van der Waals surface area contributed by atoms with Crippen molar-refractivity contribution in [1.82, 2.24) is 20.0 Å². The van der Waals surface area contributed by atoms with Crippen molar-refractivity contribution in [1.29, 1.82) is 0 Å². The van der Waals surface area contributed by atoms with Crippen molar-refractivity contribution in [3.63, 3.8) is 0 Å². The lowest BCUT2D eigenvalue weighted by Crippen LogP contribution is -2.34. The third-order valence-corrected chi connectivity index (χ3v) is 4.83. The molecule has 0 aliphatic carbocycles. The Morgan fingerprint density at radius 1 is 1.33 bits per heavy atom. The Bertz CT molecular complexity index is 641.